The Bertz CT molecular complexity index is 245. The predicted molar refractivity (Wildman–Crippen MR) is 52.2 cm³/mol. The van der Waals surface area contributed by atoms with Crippen molar-refractivity contribution >= 4 is 27.7 Å². The van der Waals surface area contributed by atoms with Gasteiger partial charge >= 0.3 is 0 Å². The van der Waals surface area contributed by atoms with Crippen LogP contribution < -0.4 is 0 Å². The highest BCUT2D eigenvalue weighted by Crippen LogP contribution is 2.30. The first-order chi connectivity index (χ1) is 5.16. The average molecular weight is 235 g/mol. The number of hydrogen-bond acceptors (Lipinski definition) is 2. The zero-order chi connectivity index (χ0) is 8.43. The summed E-state index contributed by atoms with van der Waals surface area (Å²) in [6.07, 6.45) is 2.04. The maximum atomic E-state index is 4.15. The van der Waals surface area contributed by atoms with Crippen molar-refractivity contribution < 1.29 is 0 Å². The van der Waals surface area contributed by atoms with Gasteiger partial charge in [-0.15, -0.1) is 11.8 Å². The SMILES string of the molecule is CSc1n[nH]c(Br)c1C(C)C. The summed E-state index contributed by atoms with van der Waals surface area (Å²) in [4.78, 5) is 0. The van der Waals surface area contributed by atoms with Gasteiger partial charge in [-0.05, 0) is 28.1 Å². The molecule has 0 radical (unpaired) electrons. The molecular weight excluding hydrogens is 224 g/mol. The van der Waals surface area contributed by atoms with Gasteiger partial charge in [0.25, 0.3) is 0 Å². The van der Waals surface area contributed by atoms with E-state index in [9.17, 15) is 0 Å². The molecule has 0 bridgehead atoms. The van der Waals surface area contributed by atoms with E-state index in [1.807, 2.05) is 6.26 Å². The van der Waals surface area contributed by atoms with Crippen LogP contribution in [-0.2, 0) is 0 Å². The van der Waals surface area contributed by atoms with E-state index in [0.29, 0.717) is 5.92 Å². The highest BCUT2D eigenvalue weighted by Gasteiger charge is 2.12. The third-order valence-corrected chi connectivity index (χ3v) is 2.80. The van der Waals surface area contributed by atoms with Gasteiger partial charge in [0, 0.05) is 5.56 Å². The number of H-pyrrole nitrogens is 1. The molecule has 0 fully saturated rings. The van der Waals surface area contributed by atoms with Gasteiger partial charge in [0.2, 0.25) is 0 Å². The Morgan fingerprint density at radius 2 is 2.18 bits per heavy atom. The number of nitrogens with zero attached hydrogens (tertiary/aromatic N) is 1. The fourth-order valence-electron chi connectivity index (χ4n) is 0.970. The highest BCUT2D eigenvalue weighted by atomic mass is 79.9. The maximum Gasteiger partial charge on any atom is 0.122 e. The minimum Gasteiger partial charge on any atom is -0.270 e. The standard InChI is InChI=1S/C7H11BrN2S/c1-4(2)5-6(8)9-10-7(5)11-3/h4H,1-3H3,(H,9,10). The van der Waals surface area contributed by atoms with Crippen LogP contribution in [0.25, 0.3) is 0 Å². The first kappa shape index (κ1) is 9.13. The summed E-state index contributed by atoms with van der Waals surface area (Å²) in [5, 5.41) is 8.15. The molecule has 0 aromatic carbocycles. The van der Waals surface area contributed by atoms with Gasteiger partial charge in [0.05, 0.1) is 0 Å². The van der Waals surface area contributed by atoms with Crippen molar-refractivity contribution in [2.24, 2.45) is 0 Å². The van der Waals surface area contributed by atoms with Crippen LogP contribution in [0.15, 0.2) is 9.63 Å². The fourth-order valence-corrected chi connectivity index (χ4v) is 2.53. The topological polar surface area (TPSA) is 28.7 Å². The fraction of sp³-hybridized carbons (Fsp3) is 0.571. The molecule has 1 N–H and O–H groups in total. The largest absolute Gasteiger partial charge is 0.270 e. The first-order valence-corrected chi connectivity index (χ1v) is 5.46. The lowest BCUT2D eigenvalue weighted by atomic mass is 10.1. The van der Waals surface area contributed by atoms with Crippen LogP contribution in [0.2, 0.25) is 0 Å². The molecule has 1 aromatic heterocycles. The summed E-state index contributed by atoms with van der Waals surface area (Å²) in [5.41, 5.74) is 1.28. The third-order valence-electron chi connectivity index (χ3n) is 1.49. The van der Waals surface area contributed by atoms with Crippen LogP contribution in [-0.4, -0.2) is 16.5 Å². The van der Waals surface area contributed by atoms with Crippen molar-refractivity contribution in [1.29, 1.82) is 0 Å². The van der Waals surface area contributed by atoms with Crippen LogP contribution in [0.3, 0.4) is 0 Å². The van der Waals surface area contributed by atoms with Gasteiger partial charge in [-0.2, -0.15) is 5.10 Å². The molecule has 0 atom stereocenters. The van der Waals surface area contributed by atoms with Crippen LogP contribution in [0.1, 0.15) is 25.3 Å². The lowest BCUT2D eigenvalue weighted by molar-refractivity contribution is 0.834. The molecule has 11 heavy (non-hydrogen) atoms. The molecule has 0 aliphatic rings. The molecule has 1 heterocycles. The second-order valence-corrected chi connectivity index (χ2v) is 4.20. The van der Waals surface area contributed by atoms with E-state index in [1.165, 1.54) is 5.56 Å². The predicted octanol–water partition coefficient (Wildman–Crippen LogP) is 3.02. The Morgan fingerprint density at radius 1 is 1.55 bits per heavy atom. The molecule has 0 aliphatic heterocycles. The van der Waals surface area contributed by atoms with Gasteiger partial charge in [-0.3, -0.25) is 5.10 Å². The van der Waals surface area contributed by atoms with Crippen molar-refractivity contribution in [3.8, 4) is 0 Å². The Kier molecular flexibility index (Phi) is 3.01. The zero-order valence-corrected chi connectivity index (χ0v) is 9.21. The second-order valence-electron chi connectivity index (χ2n) is 2.62. The maximum absolute atomic E-state index is 4.15. The van der Waals surface area contributed by atoms with Gasteiger partial charge in [0.15, 0.2) is 0 Å². The molecule has 0 spiro atoms. The van der Waals surface area contributed by atoms with Gasteiger partial charge in [-0.25, -0.2) is 0 Å². The van der Waals surface area contributed by atoms with Crippen molar-refractivity contribution in [1.82, 2.24) is 10.2 Å². The summed E-state index contributed by atoms with van der Waals surface area (Å²) in [7, 11) is 0. The van der Waals surface area contributed by atoms with Gasteiger partial charge < -0.3 is 0 Å². The third kappa shape index (κ3) is 1.79. The molecule has 0 amide bonds. The number of thioether (sulfide) groups is 1. The molecule has 2 nitrogen and oxygen atoms in total. The van der Waals surface area contributed by atoms with Gasteiger partial charge in [-0.1, -0.05) is 13.8 Å². The number of rotatable bonds is 2. The summed E-state index contributed by atoms with van der Waals surface area (Å²) in [6, 6.07) is 0. The molecule has 4 heteroatoms. The lowest BCUT2D eigenvalue weighted by Gasteiger charge is -2.03. The summed E-state index contributed by atoms with van der Waals surface area (Å²) in [5.74, 6) is 0.519. The minimum absolute atomic E-state index is 0.519. The van der Waals surface area contributed by atoms with Gasteiger partial charge in [0.1, 0.15) is 9.63 Å². The Labute approximate surface area is 79.3 Å². The molecule has 0 unspecified atom stereocenters. The van der Waals surface area contributed by atoms with E-state index < -0.39 is 0 Å². The molecule has 0 aliphatic carbocycles. The first-order valence-electron chi connectivity index (χ1n) is 3.44. The van der Waals surface area contributed by atoms with Crippen LogP contribution in [0, 0.1) is 0 Å². The van der Waals surface area contributed by atoms with E-state index in [1.54, 1.807) is 11.8 Å². The quantitative estimate of drug-likeness (QED) is 0.798. The summed E-state index contributed by atoms with van der Waals surface area (Å²) < 4.78 is 1.01. The highest BCUT2D eigenvalue weighted by molar-refractivity contribution is 9.10. The Balaban J connectivity index is 3.07. The number of hydrogen-bond donors (Lipinski definition) is 1. The molecule has 62 valence electrons. The summed E-state index contributed by atoms with van der Waals surface area (Å²) in [6.45, 7) is 4.32. The monoisotopic (exact) mass is 234 g/mol. The van der Waals surface area contributed by atoms with E-state index in [0.717, 1.165) is 9.63 Å². The van der Waals surface area contributed by atoms with E-state index >= 15 is 0 Å². The molecule has 1 rings (SSSR count). The van der Waals surface area contributed by atoms with Crippen molar-refractivity contribution in [2.75, 3.05) is 6.26 Å². The smallest absolute Gasteiger partial charge is 0.122 e. The Hall–Kier alpha value is 0.0400. The molecule has 0 saturated carbocycles. The minimum atomic E-state index is 0.519. The summed E-state index contributed by atoms with van der Waals surface area (Å²) >= 11 is 5.10. The van der Waals surface area contributed by atoms with Crippen LogP contribution in [0.5, 0.6) is 0 Å². The second kappa shape index (κ2) is 3.63. The van der Waals surface area contributed by atoms with Crippen molar-refractivity contribution in [2.45, 2.75) is 24.8 Å². The average Bonchev–Trinajstić information content (AvgIpc) is 2.30. The van der Waals surface area contributed by atoms with Crippen LogP contribution >= 0.6 is 27.7 Å². The van der Waals surface area contributed by atoms with Crippen molar-refractivity contribution in [3.63, 3.8) is 0 Å². The zero-order valence-electron chi connectivity index (χ0n) is 6.81. The molecule has 1 aromatic rings. The number of halogens is 1. The number of aromatic amines is 1. The lowest BCUT2D eigenvalue weighted by Crippen LogP contribution is -1.87. The molecule has 0 saturated heterocycles. The van der Waals surface area contributed by atoms with Crippen molar-refractivity contribution in [3.05, 3.63) is 10.2 Å². The normalized spacial score (nSPS) is 11.0. The van der Waals surface area contributed by atoms with Crippen LogP contribution in [0.4, 0.5) is 0 Å². The number of nitrogens with one attached hydrogen (secondary N) is 1. The molecular formula is C7H11BrN2S. The van der Waals surface area contributed by atoms with E-state index in [-0.39, 0.29) is 0 Å². The number of aromatic nitrogens is 2. The van der Waals surface area contributed by atoms with E-state index in [2.05, 4.69) is 40.0 Å². The van der Waals surface area contributed by atoms with E-state index in [4.69, 9.17) is 0 Å². The Morgan fingerprint density at radius 3 is 2.55 bits per heavy atom.